The summed E-state index contributed by atoms with van der Waals surface area (Å²) < 4.78 is 0. The predicted octanol–water partition coefficient (Wildman–Crippen LogP) is 3.20. The van der Waals surface area contributed by atoms with Crippen LogP contribution in [0.4, 0.5) is 0 Å². The molecule has 1 aliphatic heterocycles. The van der Waals surface area contributed by atoms with Crippen molar-refractivity contribution in [3.63, 3.8) is 0 Å². The second kappa shape index (κ2) is 3.50. The van der Waals surface area contributed by atoms with E-state index in [0.717, 1.165) is 10.9 Å². The van der Waals surface area contributed by atoms with Gasteiger partial charge in [-0.05, 0) is 61.4 Å². The minimum Gasteiger partial charge on any atom is -0.317 e. The Morgan fingerprint density at radius 1 is 1.27 bits per heavy atom. The zero-order chi connectivity index (χ0) is 10.3. The molecular formula is C13H16ClN. The third kappa shape index (κ3) is 1.68. The van der Waals surface area contributed by atoms with E-state index in [0.29, 0.717) is 5.41 Å². The van der Waals surface area contributed by atoms with Crippen molar-refractivity contribution >= 4 is 11.6 Å². The first-order chi connectivity index (χ1) is 7.30. The van der Waals surface area contributed by atoms with Gasteiger partial charge in [0.05, 0.1) is 0 Å². The fourth-order valence-corrected chi connectivity index (χ4v) is 3.22. The van der Waals surface area contributed by atoms with Crippen molar-refractivity contribution in [1.82, 2.24) is 5.32 Å². The number of nitrogens with one attached hydrogen (secondary N) is 1. The zero-order valence-corrected chi connectivity index (χ0v) is 9.56. The molecule has 1 N–H and O–H groups in total. The molecule has 0 radical (unpaired) electrons. The SMILES string of the molecule is Clc1cccc(C2CC23CCNCC3)c1. The summed E-state index contributed by atoms with van der Waals surface area (Å²) in [7, 11) is 0. The van der Waals surface area contributed by atoms with E-state index < -0.39 is 0 Å². The highest BCUT2D eigenvalue weighted by atomic mass is 35.5. The van der Waals surface area contributed by atoms with Crippen LogP contribution in [0.3, 0.4) is 0 Å². The van der Waals surface area contributed by atoms with Crippen LogP contribution in [0.15, 0.2) is 24.3 Å². The molecule has 1 unspecified atom stereocenters. The van der Waals surface area contributed by atoms with Gasteiger partial charge in [0.25, 0.3) is 0 Å². The second-order valence-corrected chi connectivity index (χ2v) is 5.36. The molecule has 2 fully saturated rings. The molecule has 1 aromatic rings. The molecule has 1 aliphatic carbocycles. The molecule has 1 atom stereocenters. The van der Waals surface area contributed by atoms with Gasteiger partial charge in [-0.15, -0.1) is 0 Å². The van der Waals surface area contributed by atoms with Crippen molar-refractivity contribution < 1.29 is 0 Å². The standard InChI is InChI=1S/C13H16ClN/c14-11-3-1-2-10(8-11)12-9-13(12)4-6-15-7-5-13/h1-3,8,12,15H,4-7,9H2. The molecule has 0 bridgehead atoms. The highest BCUT2D eigenvalue weighted by Crippen LogP contribution is 2.64. The molecular weight excluding hydrogens is 206 g/mol. The number of piperidine rings is 1. The lowest BCUT2D eigenvalue weighted by Gasteiger charge is -2.23. The molecule has 3 rings (SSSR count). The molecule has 1 heterocycles. The normalized spacial score (nSPS) is 27.9. The number of rotatable bonds is 1. The van der Waals surface area contributed by atoms with Crippen LogP contribution in [0.1, 0.15) is 30.7 Å². The van der Waals surface area contributed by atoms with Crippen LogP contribution in [0.5, 0.6) is 0 Å². The number of benzene rings is 1. The maximum absolute atomic E-state index is 6.03. The summed E-state index contributed by atoms with van der Waals surface area (Å²) >= 11 is 6.03. The van der Waals surface area contributed by atoms with Gasteiger partial charge >= 0.3 is 0 Å². The molecule has 0 aromatic heterocycles. The zero-order valence-electron chi connectivity index (χ0n) is 8.80. The van der Waals surface area contributed by atoms with Crippen molar-refractivity contribution in [2.45, 2.75) is 25.2 Å². The number of hydrogen-bond acceptors (Lipinski definition) is 1. The molecule has 2 heteroatoms. The first kappa shape index (κ1) is 9.68. The van der Waals surface area contributed by atoms with E-state index in [9.17, 15) is 0 Å². The van der Waals surface area contributed by atoms with Crippen molar-refractivity contribution in [1.29, 1.82) is 0 Å². The van der Waals surface area contributed by atoms with E-state index >= 15 is 0 Å². The third-order valence-corrected chi connectivity index (χ3v) is 4.28. The minimum atomic E-state index is 0.621. The first-order valence-electron chi connectivity index (χ1n) is 5.76. The molecule has 15 heavy (non-hydrogen) atoms. The fourth-order valence-electron chi connectivity index (χ4n) is 3.02. The number of hydrogen-bond donors (Lipinski definition) is 1. The predicted molar refractivity (Wildman–Crippen MR) is 63.3 cm³/mol. The van der Waals surface area contributed by atoms with Crippen molar-refractivity contribution in [3.05, 3.63) is 34.9 Å². The third-order valence-electron chi connectivity index (χ3n) is 4.04. The van der Waals surface area contributed by atoms with E-state index in [-0.39, 0.29) is 0 Å². The quantitative estimate of drug-likeness (QED) is 0.768. The van der Waals surface area contributed by atoms with Gasteiger partial charge in [-0.2, -0.15) is 0 Å². The molecule has 80 valence electrons. The molecule has 2 aliphatic rings. The Bertz CT molecular complexity index is 369. The van der Waals surface area contributed by atoms with Crippen LogP contribution in [0.2, 0.25) is 5.02 Å². The van der Waals surface area contributed by atoms with E-state index in [1.807, 2.05) is 6.07 Å². The lowest BCUT2D eigenvalue weighted by Crippen LogP contribution is -2.29. The Kier molecular flexibility index (Phi) is 2.26. The van der Waals surface area contributed by atoms with E-state index in [2.05, 4.69) is 23.5 Å². The molecule has 1 spiro atoms. The van der Waals surface area contributed by atoms with E-state index in [1.54, 1.807) is 0 Å². The van der Waals surface area contributed by atoms with E-state index in [1.165, 1.54) is 37.9 Å². The summed E-state index contributed by atoms with van der Waals surface area (Å²) in [5.74, 6) is 0.776. The highest BCUT2D eigenvalue weighted by Gasteiger charge is 2.54. The van der Waals surface area contributed by atoms with Gasteiger partial charge in [-0.25, -0.2) is 0 Å². The van der Waals surface area contributed by atoms with Crippen molar-refractivity contribution in [2.75, 3.05) is 13.1 Å². The van der Waals surface area contributed by atoms with Gasteiger partial charge in [0.15, 0.2) is 0 Å². The second-order valence-electron chi connectivity index (χ2n) is 4.92. The smallest absolute Gasteiger partial charge is 0.0408 e. The van der Waals surface area contributed by atoms with Gasteiger partial charge < -0.3 is 5.32 Å². The summed E-state index contributed by atoms with van der Waals surface area (Å²) in [6.07, 6.45) is 4.05. The Balaban J connectivity index is 1.80. The van der Waals surface area contributed by atoms with Crippen LogP contribution in [-0.4, -0.2) is 13.1 Å². The van der Waals surface area contributed by atoms with Crippen LogP contribution in [-0.2, 0) is 0 Å². The number of halogens is 1. The lowest BCUT2D eigenvalue weighted by atomic mass is 9.90. The van der Waals surface area contributed by atoms with Crippen molar-refractivity contribution in [2.24, 2.45) is 5.41 Å². The summed E-state index contributed by atoms with van der Waals surface area (Å²) in [6, 6.07) is 8.41. The fraction of sp³-hybridized carbons (Fsp3) is 0.538. The molecule has 1 aromatic carbocycles. The van der Waals surface area contributed by atoms with Gasteiger partial charge in [0, 0.05) is 5.02 Å². The first-order valence-corrected chi connectivity index (χ1v) is 6.14. The van der Waals surface area contributed by atoms with Crippen LogP contribution in [0.25, 0.3) is 0 Å². The average Bonchev–Trinajstić information content (AvgIpc) is 2.93. The Morgan fingerprint density at radius 3 is 2.80 bits per heavy atom. The molecule has 0 amide bonds. The average molecular weight is 222 g/mol. The maximum atomic E-state index is 6.03. The summed E-state index contributed by atoms with van der Waals surface area (Å²) in [6.45, 7) is 2.38. The monoisotopic (exact) mass is 221 g/mol. The maximum Gasteiger partial charge on any atom is 0.0408 e. The molecule has 1 saturated heterocycles. The van der Waals surface area contributed by atoms with Crippen molar-refractivity contribution in [3.8, 4) is 0 Å². The Morgan fingerprint density at radius 2 is 2.07 bits per heavy atom. The van der Waals surface area contributed by atoms with Gasteiger partial charge in [-0.1, -0.05) is 23.7 Å². The summed E-state index contributed by atoms with van der Waals surface area (Å²) in [5.41, 5.74) is 2.07. The topological polar surface area (TPSA) is 12.0 Å². The summed E-state index contributed by atoms with van der Waals surface area (Å²) in [5, 5.41) is 4.32. The molecule has 1 nitrogen and oxygen atoms in total. The Hall–Kier alpha value is -0.530. The van der Waals surface area contributed by atoms with Crippen LogP contribution in [0, 0.1) is 5.41 Å². The van der Waals surface area contributed by atoms with Crippen LogP contribution < -0.4 is 5.32 Å². The van der Waals surface area contributed by atoms with Gasteiger partial charge in [0.1, 0.15) is 0 Å². The van der Waals surface area contributed by atoms with Crippen LogP contribution >= 0.6 is 11.6 Å². The van der Waals surface area contributed by atoms with Gasteiger partial charge in [-0.3, -0.25) is 0 Å². The lowest BCUT2D eigenvalue weighted by molar-refractivity contribution is 0.342. The molecule has 1 saturated carbocycles. The summed E-state index contributed by atoms with van der Waals surface area (Å²) in [4.78, 5) is 0. The minimum absolute atomic E-state index is 0.621. The van der Waals surface area contributed by atoms with Gasteiger partial charge in [0.2, 0.25) is 0 Å². The Labute approximate surface area is 95.8 Å². The van der Waals surface area contributed by atoms with E-state index in [4.69, 9.17) is 11.6 Å². The highest BCUT2D eigenvalue weighted by molar-refractivity contribution is 6.30. The largest absolute Gasteiger partial charge is 0.317 e.